The maximum Gasteiger partial charge on any atom is 0.327 e. The van der Waals surface area contributed by atoms with E-state index in [0.717, 1.165) is 5.69 Å². The minimum atomic E-state index is -0.979. The van der Waals surface area contributed by atoms with Gasteiger partial charge in [0.2, 0.25) is 0 Å². The van der Waals surface area contributed by atoms with Crippen LogP contribution in [0.15, 0.2) is 12.5 Å². The first-order chi connectivity index (χ1) is 6.24. The van der Waals surface area contributed by atoms with Crippen molar-refractivity contribution in [2.24, 2.45) is 0 Å². The van der Waals surface area contributed by atoms with Crippen molar-refractivity contribution < 1.29 is 9.90 Å². The molecule has 0 radical (unpaired) electrons. The molecule has 1 aromatic heterocycles. The van der Waals surface area contributed by atoms with E-state index in [0.29, 0.717) is 6.42 Å². The van der Waals surface area contributed by atoms with Crippen LogP contribution >= 0.6 is 24.8 Å². The Balaban J connectivity index is 0. The Morgan fingerprint density at radius 3 is 2.80 bits per heavy atom. The minimum Gasteiger partial charge on any atom is -0.480 e. The molecule has 0 saturated carbocycles. The lowest BCUT2D eigenvalue weighted by atomic mass is 10.2. The molecule has 0 aliphatic carbocycles. The number of halogens is 2. The lowest BCUT2D eigenvalue weighted by Gasteiger charge is -2.08. The van der Waals surface area contributed by atoms with Gasteiger partial charge in [0.15, 0.2) is 0 Å². The number of aromatic amines is 1. The van der Waals surface area contributed by atoms with Crippen LogP contribution in [0.4, 0.5) is 0 Å². The smallest absolute Gasteiger partial charge is 0.327 e. The molecule has 0 amide bonds. The molecular weight excluding hydrogens is 241 g/mol. The second-order valence-corrected chi connectivity index (χ2v) is 2.46. The predicted molar refractivity (Wildman–Crippen MR) is 60.2 cm³/mol. The van der Waals surface area contributed by atoms with Gasteiger partial charge in [-0.25, -0.2) is 9.78 Å². The number of hydrogen-bond acceptors (Lipinski definition) is 3. The van der Waals surface area contributed by atoms with E-state index in [-0.39, 0.29) is 24.8 Å². The van der Waals surface area contributed by atoms with E-state index in [9.17, 15) is 4.79 Å². The molecule has 1 rings (SSSR count). The zero-order valence-corrected chi connectivity index (χ0v) is 9.27. The molecule has 0 aliphatic heterocycles. The summed E-state index contributed by atoms with van der Waals surface area (Å²) in [5.74, 6) is -0.979. The average Bonchev–Trinajstić information content (AvgIpc) is 2.56. The highest BCUT2D eigenvalue weighted by molar-refractivity contribution is 5.85. The van der Waals surface area contributed by atoms with Gasteiger partial charge in [-0.05, 0) is 0 Å². The third-order valence-corrected chi connectivity index (χ3v) is 1.53. The van der Waals surface area contributed by atoms with E-state index in [1.54, 1.807) is 6.20 Å². The number of nitrogens with one attached hydrogen (secondary N) is 2. The van der Waals surface area contributed by atoms with Crippen LogP contribution in [0, 0.1) is 12.5 Å². The average molecular weight is 252 g/mol. The number of carboxylic acid groups (broad SMARTS) is 1. The number of H-pyrrole nitrogens is 1. The molecular formula is C8H11Cl2N3O2. The molecule has 0 bridgehead atoms. The zero-order valence-electron chi connectivity index (χ0n) is 7.64. The van der Waals surface area contributed by atoms with Gasteiger partial charge in [-0.2, -0.15) is 0 Å². The summed E-state index contributed by atoms with van der Waals surface area (Å²) in [6, 6.07) is 1.32. The Morgan fingerprint density at radius 2 is 2.40 bits per heavy atom. The number of aliphatic carboxylic acids is 1. The molecule has 1 unspecified atom stereocenters. The van der Waals surface area contributed by atoms with Crippen molar-refractivity contribution in [3.63, 3.8) is 0 Å². The second-order valence-electron chi connectivity index (χ2n) is 2.46. The molecule has 5 nitrogen and oxygen atoms in total. The topological polar surface area (TPSA) is 78.0 Å². The van der Waals surface area contributed by atoms with Crippen molar-refractivity contribution in [3.8, 4) is 12.5 Å². The van der Waals surface area contributed by atoms with Gasteiger partial charge in [-0.3, -0.25) is 0 Å². The van der Waals surface area contributed by atoms with Gasteiger partial charge in [0, 0.05) is 24.4 Å². The fourth-order valence-corrected chi connectivity index (χ4v) is 0.917. The van der Waals surface area contributed by atoms with E-state index in [1.807, 2.05) is 0 Å². The van der Waals surface area contributed by atoms with Gasteiger partial charge in [-0.1, -0.05) is 6.42 Å². The lowest BCUT2D eigenvalue weighted by Crippen LogP contribution is -2.35. The van der Waals surface area contributed by atoms with E-state index < -0.39 is 12.0 Å². The summed E-state index contributed by atoms with van der Waals surface area (Å²) in [4.78, 5) is 17.2. The summed E-state index contributed by atoms with van der Waals surface area (Å²) >= 11 is 0. The summed E-state index contributed by atoms with van der Waals surface area (Å²) in [7, 11) is 0. The summed E-state index contributed by atoms with van der Waals surface area (Å²) in [6.07, 6.45) is 8.29. The number of hydrogen-bond donors (Lipinski definition) is 3. The second kappa shape index (κ2) is 7.97. The lowest BCUT2D eigenvalue weighted by molar-refractivity contribution is -0.139. The third kappa shape index (κ3) is 5.15. The van der Waals surface area contributed by atoms with Gasteiger partial charge >= 0.3 is 5.97 Å². The van der Waals surface area contributed by atoms with E-state index >= 15 is 0 Å². The Kier molecular flexibility index (Phi) is 8.54. The van der Waals surface area contributed by atoms with Crippen LogP contribution in [-0.4, -0.2) is 27.1 Å². The Bertz CT molecular complexity index is 321. The highest BCUT2D eigenvalue weighted by Crippen LogP contribution is 1.97. The Labute approximate surface area is 99.5 Å². The van der Waals surface area contributed by atoms with Crippen LogP contribution in [0.25, 0.3) is 0 Å². The monoisotopic (exact) mass is 251 g/mol. The van der Waals surface area contributed by atoms with Crippen molar-refractivity contribution in [3.05, 3.63) is 18.2 Å². The largest absolute Gasteiger partial charge is 0.480 e. The molecule has 1 heterocycles. The number of carboxylic acids is 1. The van der Waals surface area contributed by atoms with E-state index in [2.05, 4.69) is 21.3 Å². The maximum atomic E-state index is 10.6. The zero-order chi connectivity index (χ0) is 9.68. The van der Waals surface area contributed by atoms with Gasteiger partial charge in [0.25, 0.3) is 0 Å². The van der Waals surface area contributed by atoms with Crippen LogP contribution in [0.2, 0.25) is 0 Å². The number of rotatable bonds is 4. The molecule has 15 heavy (non-hydrogen) atoms. The molecule has 0 aromatic carbocycles. The fourth-order valence-electron chi connectivity index (χ4n) is 0.917. The van der Waals surface area contributed by atoms with Crippen LogP contribution in [-0.2, 0) is 11.2 Å². The SMILES string of the molecule is C#CNC(Cc1cnc[nH]1)C(=O)O.Cl.Cl. The first-order valence-electron chi connectivity index (χ1n) is 3.65. The Morgan fingerprint density at radius 1 is 1.73 bits per heavy atom. The molecule has 1 aromatic rings. The molecule has 0 saturated heterocycles. The van der Waals surface area contributed by atoms with Crippen molar-refractivity contribution in [2.75, 3.05) is 0 Å². The number of carbonyl (C=O) groups is 1. The Hall–Kier alpha value is -1.38. The molecule has 0 spiro atoms. The first-order valence-corrected chi connectivity index (χ1v) is 3.65. The summed E-state index contributed by atoms with van der Waals surface area (Å²) in [6.45, 7) is 0. The number of nitrogens with zero attached hydrogens (tertiary/aromatic N) is 1. The number of terminal acetylenes is 1. The van der Waals surface area contributed by atoms with Crippen molar-refractivity contribution >= 4 is 30.8 Å². The highest BCUT2D eigenvalue weighted by Gasteiger charge is 2.16. The number of aromatic nitrogens is 2. The van der Waals surface area contributed by atoms with Crippen LogP contribution in [0.3, 0.4) is 0 Å². The maximum absolute atomic E-state index is 10.6. The summed E-state index contributed by atoms with van der Waals surface area (Å²) in [5, 5.41) is 11.1. The minimum absolute atomic E-state index is 0. The summed E-state index contributed by atoms with van der Waals surface area (Å²) in [5.41, 5.74) is 0.732. The fraction of sp³-hybridized carbons (Fsp3) is 0.250. The summed E-state index contributed by atoms with van der Waals surface area (Å²) < 4.78 is 0. The molecule has 84 valence electrons. The van der Waals surface area contributed by atoms with Gasteiger partial charge in [0.05, 0.1) is 6.33 Å². The van der Waals surface area contributed by atoms with E-state index in [4.69, 9.17) is 11.5 Å². The molecule has 1 atom stereocenters. The first kappa shape index (κ1) is 16.1. The van der Waals surface area contributed by atoms with Crippen LogP contribution in [0.1, 0.15) is 5.69 Å². The predicted octanol–water partition coefficient (Wildman–Crippen LogP) is 0.429. The molecule has 0 fully saturated rings. The van der Waals surface area contributed by atoms with Crippen molar-refractivity contribution in [2.45, 2.75) is 12.5 Å². The van der Waals surface area contributed by atoms with Crippen molar-refractivity contribution in [1.82, 2.24) is 15.3 Å². The van der Waals surface area contributed by atoms with Gasteiger partial charge < -0.3 is 15.4 Å². The quantitative estimate of drug-likeness (QED) is 0.536. The van der Waals surface area contributed by atoms with Crippen LogP contribution in [0.5, 0.6) is 0 Å². The number of imidazole rings is 1. The normalized spacial score (nSPS) is 10.1. The van der Waals surface area contributed by atoms with Crippen LogP contribution < -0.4 is 5.32 Å². The van der Waals surface area contributed by atoms with E-state index in [1.165, 1.54) is 6.33 Å². The standard InChI is InChI=1S/C8H9N3O2.2ClH/c1-2-10-7(8(12)13)3-6-4-9-5-11-6;;/h1,4-5,7,10H,3H2,(H,9,11)(H,12,13);2*1H. The molecule has 7 heteroatoms. The molecule has 0 aliphatic rings. The highest BCUT2D eigenvalue weighted by atomic mass is 35.5. The van der Waals surface area contributed by atoms with Gasteiger partial charge in [0.1, 0.15) is 6.04 Å². The van der Waals surface area contributed by atoms with Crippen molar-refractivity contribution in [1.29, 1.82) is 0 Å². The van der Waals surface area contributed by atoms with Gasteiger partial charge in [-0.15, -0.1) is 24.8 Å². The third-order valence-electron chi connectivity index (χ3n) is 1.53. The molecule has 3 N–H and O–H groups in total.